The van der Waals surface area contributed by atoms with Gasteiger partial charge in [-0.25, -0.2) is 4.79 Å². The fourth-order valence-electron chi connectivity index (χ4n) is 1.67. The van der Waals surface area contributed by atoms with Gasteiger partial charge < -0.3 is 4.42 Å². The summed E-state index contributed by atoms with van der Waals surface area (Å²) in [6.07, 6.45) is 0.308. The number of aromatic nitrogens is 1. The number of benzene rings is 1. The van der Waals surface area contributed by atoms with Gasteiger partial charge in [-0.2, -0.15) is 5.26 Å². The molecule has 15 heavy (non-hydrogen) atoms. The van der Waals surface area contributed by atoms with Gasteiger partial charge in [0.1, 0.15) is 0 Å². The Bertz CT molecular complexity index is 587. The van der Waals surface area contributed by atoms with Crippen molar-refractivity contribution < 1.29 is 4.42 Å². The zero-order valence-electron chi connectivity index (χ0n) is 8.36. The van der Waals surface area contributed by atoms with Gasteiger partial charge in [0, 0.05) is 6.54 Å². The molecule has 0 saturated heterocycles. The van der Waals surface area contributed by atoms with E-state index < -0.39 is 5.76 Å². The first kappa shape index (κ1) is 9.53. The SMILES string of the molecule is Cc1cccc2oc(=O)n(CCC#N)c12. The first-order valence-corrected chi connectivity index (χ1v) is 4.70. The van der Waals surface area contributed by atoms with Crippen LogP contribution in [-0.2, 0) is 6.54 Å². The average molecular weight is 202 g/mol. The number of hydrogen-bond acceptors (Lipinski definition) is 3. The molecule has 0 aliphatic heterocycles. The Morgan fingerprint density at radius 3 is 3.07 bits per heavy atom. The minimum Gasteiger partial charge on any atom is -0.408 e. The summed E-state index contributed by atoms with van der Waals surface area (Å²) < 4.78 is 6.58. The second-order valence-electron chi connectivity index (χ2n) is 3.35. The quantitative estimate of drug-likeness (QED) is 0.746. The maximum absolute atomic E-state index is 11.5. The molecule has 0 aliphatic rings. The molecular formula is C11H10N2O2. The third-order valence-corrected chi connectivity index (χ3v) is 2.34. The number of nitrogens with zero attached hydrogens (tertiary/aromatic N) is 2. The fraction of sp³-hybridized carbons (Fsp3) is 0.273. The van der Waals surface area contributed by atoms with Crippen LogP contribution in [-0.4, -0.2) is 4.57 Å². The van der Waals surface area contributed by atoms with Crippen LogP contribution in [0.5, 0.6) is 0 Å². The molecule has 0 fully saturated rings. The summed E-state index contributed by atoms with van der Waals surface area (Å²) in [5, 5.41) is 8.50. The van der Waals surface area contributed by atoms with E-state index in [0.717, 1.165) is 11.1 Å². The van der Waals surface area contributed by atoms with E-state index >= 15 is 0 Å². The molecule has 0 bridgehead atoms. The fourth-order valence-corrected chi connectivity index (χ4v) is 1.67. The van der Waals surface area contributed by atoms with Crippen molar-refractivity contribution in [1.82, 2.24) is 4.57 Å². The number of oxazole rings is 1. The first-order chi connectivity index (χ1) is 7.24. The predicted molar refractivity (Wildman–Crippen MR) is 55.4 cm³/mol. The zero-order chi connectivity index (χ0) is 10.8. The summed E-state index contributed by atoms with van der Waals surface area (Å²) in [4.78, 5) is 11.5. The summed E-state index contributed by atoms with van der Waals surface area (Å²) in [6, 6.07) is 7.53. The third-order valence-electron chi connectivity index (χ3n) is 2.34. The van der Waals surface area contributed by atoms with Crippen molar-refractivity contribution in [1.29, 1.82) is 5.26 Å². The van der Waals surface area contributed by atoms with E-state index in [2.05, 4.69) is 0 Å². The van der Waals surface area contributed by atoms with Gasteiger partial charge in [0.05, 0.1) is 18.0 Å². The summed E-state index contributed by atoms with van der Waals surface area (Å²) in [5.41, 5.74) is 2.35. The Morgan fingerprint density at radius 2 is 2.33 bits per heavy atom. The second kappa shape index (κ2) is 3.62. The van der Waals surface area contributed by atoms with E-state index in [-0.39, 0.29) is 0 Å². The van der Waals surface area contributed by atoms with Crippen LogP contribution in [0.2, 0.25) is 0 Å². The summed E-state index contributed by atoms with van der Waals surface area (Å²) in [5.74, 6) is -0.394. The molecule has 0 N–H and O–H groups in total. The third kappa shape index (κ3) is 1.52. The lowest BCUT2D eigenvalue weighted by Gasteiger charge is -1.99. The Balaban J connectivity index is 2.67. The highest BCUT2D eigenvalue weighted by Gasteiger charge is 2.10. The van der Waals surface area contributed by atoms with Crippen molar-refractivity contribution in [2.75, 3.05) is 0 Å². The number of hydrogen-bond donors (Lipinski definition) is 0. The monoisotopic (exact) mass is 202 g/mol. The molecule has 1 aromatic heterocycles. The molecule has 2 rings (SSSR count). The van der Waals surface area contributed by atoms with Crippen molar-refractivity contribution in [3.05, 3.63) is 34.3 Å². The minimum absolute atomic E-state index is 0.308. The molecule has 0 unspecified atom stereocenters. The van der Waals surface area contributed by atoms with E-state index in [1.54, 1.807) is 6.07 Å². The highest BCUT2D eigenvalue weighted by Crippen LogP contribution is 2.16. The lowest BCUT2D eigenvalue weighted by molar-refractivity contribution is 0.507. The van der Waals surface area contributed by atoms with Crippen molar-refractivity contribution in [3.63, 3.8) is 0 Å². The normalized spacial score (nSPS) is 10.4. The van der Waals surface area contributed by atoms with Crippen molar-refractivity contribution >= 4 is 11.1 Å². The van der Waals surface area contributed by atoms with Gasteiger partial charge >= 0.3 is 5.76 Å². The van der Waals surface area contributed by atoms with Crippen LogP contribution in [0.4, 0.5) is 0 Å². The lowest BCUT2D eigenvalue weighted by Crippen LogP contribution is -2.14. The number of aryl methyl sites for hydroxylation is 2. The second-order valence-corrected chi connectivity index (χ2v) is 3.35. The average Bonchev–Trinajstić information content (AvgIpc) is 2.53. The van der Waals surface area contributed by atoms with E-state index in [1.807, 2.05) is 25.1 Å². The molecule has 2 aromatic rings. The van der Waals surface area contributed by atoms with Gasteiger partial charge in [0.25, 0.3) is 0 Å². The van der Waals surface area contributed by atoms with Crippen LogP contribution in [0.15, 0.2) is 27.4 Å². The number of rotatable bonds is 2. The van der Waals surface area contributed by atoms with Crippen LogP contribution in [0.3, 0.4) is 0 Å². The summed E-state index contributed by atoms with van der Waals surface area (Å²) >= 11 is 0. The molecule has 0 aliphatic carbocycles. The lowest BCUT2D eigenvalue weighted by atomic mass is 10.2. The molecule has 0 amide bonds. The zero-order valence-corrected chi connectivity index (χ0v) is 8.36. The number of nitriles is 1. The minimum atomic E-state index is -0.394. The van der Waals surface area contributed by atoms with Crippen molar-refractivity contribution in [2.24, 2.45) is 0 Å². The standard InChI is InChI=1S/C11H10N2O2/c1-8-4-2-5-9-10(8)13(7-3-6-12)11(14)15-9/h2,4-5H,3,7H2,1H3. The molecular weight excluding hydrogens is 192 g/mol. The summed E-state index contributed by atoms with van der Waals surface area (Å²) in [6.45, 7) is 2.30. The molecule has 4 nitrogen and oxygen atoms in total. The Labute approximate surface area is 86.4 Å². The molecule has 0 atom stereocenters. The molecule has 1 heterocycles. The predicted octanol–water partition coefficient (Wildman–Crippen LogP) is 1.82. The van der Waals surface area contributed by atoms with E-state index in [4.69, 9.17) is 9.68 Å². The van der Waals surface area contributed by atoms with Crippen LogP contribution < -0.4 is 5.76 Å². The van der Waals surface area contributed by atoms with Crippen molar-refractivity contribution in [2.45, 2.75) is 19.9 Å². The van der Waals surface area contributed by atoms with Gasteiger partial charge in [-0.05, 0) is 18.6 Å². The molecule has 4 heteroatoms. The smallest absolute Gasteiger partial charge is 0.408 e. The maximum atomic E-state index is 11.5. The van der Waals surface area contributed by atoms with E-state index in [0.29, 0.717) is 18.5 Å². The van der Waals surface area contributed by atoms with E-state index in [1.165, 1.54) is 4.57 Å². The highest BCUT2D eigenvalue weighted by atomic mass is 16.4. The number of fused-ring (bicyclic) bond motifs is 1. The largest absolute Gasteiger partial charge is 0.419 e. The Kier molecular flexibility index (Phi) is 2.30. The molecule has 1 aromatic carbocycles. The summed E-state index contributed by atoms with van der Waals surface area (Å²) in [7, 11) is 0. The van der Waals surface area contributed by atoms with E-state index in [9.17, 15) is 4.79 Å². The topological polar surface area (TPSA) is 58.9 Å². The molecule has 0 spiro atoms. The number of para-hydroxylation sites is 1. The van der Waals surface area contributed by atoms with Gasteiger partial charge in [0.2, 0.25) is 0 Å². The Hall–Kier alpha value is -2.02. The van der Waals surface area contributed by atoms with Gasteiger partial charge in [-0.1, -0.05) is 12.1 Å². The molecule has 0 radical (unpaired) electrons. The molecule has 76 valence electrons. The van der Waals surface area contributed by atoms with Crippen molar-refractivity contribution in [3.8, 4) is 6.07 Å². The molecule has 0 saturated carbocycles. The maximum Gasteiger partial charge on any atom is 0.419 e. The highest BCUT2D eigenvalue weighted by molar-refractivity contribution is 5.76. The van der Waals surface area contributed by atoms with Gasteiger partial charge in [-0.15, -0.1) is 0 Å². The van der Waals surface area contributed by atoms with Crippen LogP contribution in [0.25, 0.3) is 11.1 Å². The van der Waals surface area contributed by atoms with Crippen LogP contribution in [0, 0.1) is 18.3 Å². The van der Waals surface area contributed by atoms with Gasteiger partial charge in [-0.3, -0.25) is 4.57 Å². The van der Waals surface area contributed by atoms with Crippen LogP contribution >= 0.6 is 0 Å². The van der Waals surface area contributed by atoms with Crippen LogP contribution in [0.1, 0.15) is 12.0 Å². The Morgan fingerprint density at radius 1 is 1.53 bits per heavy atom. The van der Waals surface area contributed by atoms with Gasteiger partial charge in [0.15, 0.2) is 5.58 Å². The first-order valence-electron chi connectivity index (χ1n) is 4.70.